The van der Waals surface area contributed by atoms with Crippen LogP contribution in [0.15, 0.2) is 18.2 Å². The number of nitrogens with one attached hydrogen (secondary N) is 1. The first kappa shape index (κ1) is 17.6. The van der Waals surface area contributed by atoms with Gasteiger partial charge in [-0.1, -0.05) is 12.1 Å². The van der Waals surface area contributed by atoms with Gasteiger partial charge in [-0.05, 0) is 37.6 Å². The molecule has 0 aliphatic carbocycles. The van der Waals surface area contributed by atoms with Gasteiger partial charge in [-0.25, -0.2) is 0 Å². The molecule has 0 saturated carbocycles. The van der Waals surface area contributed by atoms with Crippen LogP contribution in [0.1, 0.15) is 41.3 Å². The minimum absolute atomic E-state index is 0.138. The molecule has 0 radical (unpaired) electrons. The molecule has 1 fully saturated rings. The van der Waals surface area contributed by atoms with E-state index in [1.807, 2.05) is 19.2 Å². The molecular formula is C18H24N4O3. The lowest BCUT2D eigenvalue weighted by molar-refractivity contribution is -0.136. The first-order chi connectivity index (χ1) is 11.9. The average Bonchev–Trinajstić information content (AvgIpc) is 2.92. The zero-order chi connectivity index (χ0) is 18.1. The highest BCUT2D eigenvalue weighted by Gasteiger charge is 2.39. The van der Waals surface area contributed by atoms with E-state index in [0.29, 0.717) is 31.6 Å². The lowest BCUT2D eigenvalue weighted by Gasteiger charge is -2.29. The predicted molar refractivity (Wildman–Crippen MR) is 92.5 cm³/mol. The number of hydrogen-bond donors (Lipinski definition) is 2. The molecule has 1 unspecified atom stereocenters. The summed E-state index contributed by atoms with van der Waals surface area (Å²) < 4.78 is 0. The molecule has 134 valence electrons. The Balaban J connectivity index is 1.82. The monoisotopic (exact) mass is 344 g/mol. The van der Waals surface area contributed by atoms with E-state index in [1.165, 1.54) is 0 Å². The van der Waals surface area contributed by atoms with E-state index in [2.05, 4.69) is 17.1 Å². The van der Waals surface area contributed by atoms with Crippen molar-refractivity contribution >= 4 is 17.7 Å². The van der Waals surface area contributed by atoms with Gasteiger partial charge in [-0.15, -0.1) is 0 Å². The molecule has 2 aliphatic rings. The number of piperidine rings is 1. The summed E-state index contributed by atoms with van der Waals surface area (Å²) in [4.78, 5) is 40.0. The first-order valence-corrected chi connectivity index (χ1v) is 8.58. The summed E-state index contributed by atoms with van der Waals surface area (Å²) in [7, 11) is 2.01. The molecule has 3 rings (SSSR count). The van der Waals surface area contributed by atoms with Crippen molar-refractivity contribution in [1.82, 2.24) is 15.1 Å². The quantitative estimate of drug-likeness (QED) is 0.746. The van der Waals surface area contributed by atoms with Crippen LogP contribution in [0.25, 0.3) is 0 Å². The Morgan fingerprint density at radius 1 is 1.36 bits per heavy atom. The second kappa shape index (κ2) is 6.93. The fraction of sp³-hybridized carbons (Fsp3) is 0.500. The van der Waals surface area contributed by atoms with Crippen LogP contribution in [0.2, 0.25) is 0 Å². The second-order valence-electron chi connectivity index (χ2n) is 6.84. The third-order valence-corrected chi connectivity index (χ3v) is 5.19. The number of imide groups is 1. The van der Waals surface area contributed by atoms with Crippen LogP contribution < -0.4 is 11.1 Å². The van der Waals surface area contributed by atoms with Gasteiger partial charge in [0.2, 0.25) is 11.8 Å². The van der Waals surface area contributed by atoms with Crippen molar-refractivity contribution in [3.63, 3.8) is 0 Å². The topological polar surface area (TPSA) is 95.7 Å². The number of fused-ring (bicyclic) bond motifs is 1. The normalized spacial score (nSPS) is 21.5. The summed E-state index contributed by atoms with van der Waals surface area (Å²) >= 11 is 0. The fourth-order valence-corrected chi connectivity index (χ4v) is 3.40. The molecule has 0 aromatic heterocycles. The minimum Gasteiger partial charge on any atom is -0.329 e. The van der Waals surface area contributed by atoms with Crippen molar-refractivity contribution in [2.24, 2.45) is 5.73 Å². The average molecular weight is 344 g/mol. The standard InChI is InChI=1S/C18H24N4O3/c1-11(8-19)21(2)9-12-4-3-5-13-14(12)10-22(18(13)25)15-6-7-16(23)20-17(15)24/h3-5,11,15H,6-10,19H2,1-2H3,(H,20,23,24)/t11-,15?/m1/s1. The largest absolute Gasteiger partial charge is 0.329 e. The molecule has 1 aromatic carbocycles. The van der Waals surface area contributed by atoms with Gasteiger partial charge in [0.05, 0.1) is 0 Å². The Labute approximate surface area is 147 Å². The molecular weight excluding hydrogens is 320 g/mol. The Hall–Kier alpha value is -2.25. The number of nitrogens with two attached hydrogens (primary N) is 1. The van der Waals surface area contributed by atoms with Gasteiger partial charge >= 0.3 is 0 Å². The van der Waals surface area contributed by atoms with Gasteiger partial charge in [0.25, 0.3) is 5.91 Å². The number of carbonyl (C=O) groups is 3. The summed E-state index contributed by atoms with van der Waals surface area (Å²) in [6, 6.07) is 5.35. The van der Waals surface area contributed by atoms with Crippen molar-refractivity contribution in [3.8, 4) is 0 Å². The van der Waals surface area contributed by atoms with Gasteiger partial charge in [-0.2, -0.15) is 0 Å². The van der Waals surface area contributed by atoms with E-state index in [-0.39, 0.29) is 30.2 Å². The Morgan fingerprint density at radius 2 is 2.12 bits per heavy atom. The highest BCUT2D eigenvalue weighted by molar-refractivity contribution is 6.05. The molecule has 7 nitrogen and oxygen atoms in total. The van der Waals surface area contributed by atoms with Gasteiger partial charge in [0.1, 0.15) is 6.04 Å². The van der Waals surface area contributed by atoms with E-state index >= 15 is 0 Å². The fourth-order valence-electron chi connectivity index (χ4n) is 3.40. The van der Waals surface area contributed by atoms with Crippen molar-refractivity contribution in [2.75, 3.05) is 13.6 Å². The zero-order valence-electron chi connectivity index (χ0n) is 14.6. The number of nitrogens with zero attached hydrogens (tertiary/aromatic N) is 2. The number of rotatable bonds is 5. The number of carbonyl (C=O) groups excluding carboxylic acids is 3. The minimum atomic E-state index is -0.578. The number of amides is 3. The van der Waals surface area contributed by atoms with Crippen LogP contribution in [-0.4, -0.2) is 53.2 Å². The van der Waals surface area contributed by atoms with Crippen LogP contribution in [0.5, 0.6) is 0 Å². The van der Waals surface area contributed by atoms with Crippen LogP contribution in [0, 0.1) is 0 Å². The van der Waals surface area contributed by atoms with E-state index < -0.39 is 6.04 Å². The van der Waals surface area contributed by atoms with Gasteiger partial charge in [0.15, 0.2) is 0 Å². The van der Waals surface area contributed by atoms with E-state index in [1.54, 1.807) is 11.0 Å². The van der Waals surface area contributed by atoms with Crippen LogP contribution in [0.4, 0.5) is 0 Å². The van der Waals surface area contributed by atoms with E-state index in [4.69, 9.17) is 5.73 Å². The van der Waals surface area contributed by atoms with Gasteiger partial charge in [0, 0.05) is 37.7 Å². The van der Waals surface area contributed by atoms with Crippen molar-refractivity contribution < 1.29 is 14.4 Å². The molecule has 3 N–H and O–H groups in total. The van der Waals surface area contributed by atoms with E-state index in [9.17, 15) is 14.4 Å². The number of hydrogen-bond acceptors (Lipinski definition) is 5. The Kier molecular flexibility index (Phi) is 4.87. The maximum atomic E-state index is 12.8. The molecule has 1 aromatic rings. The van der Waals surface area contributed by atoms with E-state index in [0.717, 1.165) is 11.1 Å². The Morgan fingerprint density at radius 3 is 2.80 bits per heavy atom. The lowest BCUT2D eigenvalue weighted by Crippen LogP contribution is -2.52. The summed E-state index contributed by atoms with van der Waals surface area (Å²) in [6.45, 7) is 3.72. The summed E-state index contributed by atoms with van der Waals surface area (Å²) in [6.07, 6.45) is 0.643. The van der Waals surface area contributed by atoms with Crippen LogP contribution >= 0.6 is 0 Å². The third kappa shape index (κ3) is 3.29. The second-order valence-corrected chi connectivity index (χ2v) is 6.84. The van der Waals surface area contributed by atoms with Crippen molar-refractivity contribution in [2.45, 2.75) is 44.9 Å². The molecule has 25 heavy (non-hydrogen) atoms. The number of benzene rings is 1. The molecule has 2 aliphatic heterocycles. The molecule has 2 heterocycles. The maximum Gasteiger partial charge on any atom is 0.255 e. The highest BCUT2D eigenvalue weighted by atomic mass is 16.2. The third-order valence-electron chi connectivity index (χ3n) is 5.19. The van der Waals surface area contributed by atoms with Crippen LogP contribution in [0.3, 0.4) is 0 Å². The smallest absolute Gasteiger partial charge is 0.255 e. The zero-order valence-corrected chi connectivity index (χ0v) is 14.6. The molecule has 2 atom stereocenters. The Bertz CT molecular complexity index is 718. The highest BCUT2D eigenvalue weighted by Crippen LogP contribution is 2.30. The maximum absolute atomic E-state index is 12.8. The van der Waals surface area contributed by atoms with Gasteiger partial charge < -0.3 is 10.6 Å². The molecule has 0 spiro atoms. The summed E-state index contributed by atoms with van der Waals surface area (Å²) in [5, 5.41) is 2.33. The van der Waals surface area contributed by atoms with Gasteiger partial charge in [-0.3, -0.25) is 24.6 Å². The molecule has 1 saturated heterocycles. The van der Waals surface area contributed by atoms with Crippen molar-refractivity contribution in [1.29, 1.82) is 0 Å². The summed E-state index contributed by atoms with van der Waals surface area (Å²) in [5.41, 5.74) is 8.42. The van der Waals surface area contributed by atoms with Crippen molar-refractivity contribution in [3.05, 3.63) is 34.9 Å². The first-order valence-electron chi connectivity index (χ1n) is 8.58. The number of likely N-dealkylation sites (N-methyl/N-ethyl adjacent to an activating group) is 1. The molecule has 3 amide bonds. The molecule has 0 bridgehead atoms. The SMILES string of the molecule is C[C@H](CN)N(C)Cc1cccc2c1CN(C1CCC(=O)NC1=O)C2=O. The van der Waals surface area contributed by atoms with Crippen LogP contribution in [-0.2, 0) is 22.7 Å². The lowest BCUT2D eigenvalue weighted by atomic mass is 10.0. The predicted octanol–water partition coefficient (Wildman–Crippen LogP) is 0.227. The molecule has 7 heteroatoms. The summed E-state index contributed by atoms with van der Waals surface area (Å²) in [5.74, 6) is -0.794.